The van der Waals surface area contributed by atoms with Crippen LogP contribution in [0.3, 0.4) is 0 Å². The Hall–Kier alpha value is -2.39. The van der Waals surface area contributed by atoms with Gasteiger partial charge in [0, 0.05) is 18.3 Å². The molecule has 10 heteroatoms. The van der Waals surface area contributed by atoms with Gasteiger partial charge in [-0.3, -0.25) is 14.8 Å². The van der Waals surface area contributed by atoms with Gasteiger partial charge >= 0.3 is 0 Å². The second-order valence-electron chi connectivity index (χ2n) is 3.95. The number of nitrogen functional groups attached to an aromatic ring is 1. The zero-order chi connectivity index (χ0) is 15.6. The normalized spacial score (nSPS) is 11.1. The van der Waals surface area contributed by atoms with Crippen molar-refractivity contribution < 1.29 is 13.3 Å². The zero-order valence-corrected chi connectivity index (χ0v) is 11.9. The molecule has 3 N–H and O–H groups in total. The van der Waals surface area contributed by atoms with Crippen LogP contribution < -0.4 is 10.5 Å². The number of hydrogen-bond donors (Lipinski definition) is 2. The van der Waals surface area contributed by atoms with Crippen molar-refractivity contribution in [1.82, 2.24) is 4.98 Å². The van der Waals surface area contributed by atoms with Gasteiger partial charge in [0.15, 0.2) is 0 Å². The number of hydrogen-bond acceptors (Lipinski definition) is 6. The van der Waals surface area contributed by atoms with Crippen LogP contribution >= 0.6 is 11.6 Å². The molecule has 0 radical (unpaired) electrons. The fraction of sp³-hybridized carbons (Fsp3) is 0. The highest BCUT2D eigenvalue weighted by molar-refractivity contribution is 7.92. The summed E-state index contributed by atoms with van der Waals surface area (Å²) in [5, 5.41) is 11.1. The SMILES string of the molecule is Nc1ccc([N+](=O)[O-])cc1S(=O)(=O)Nc1ccc(Cl)cn1. The molecule has 110 valence electrons. The van der Waals surface area contributed by atoms with E-state index in [1.54, 1.807) is 0 Å². The van der Waals surface area contributed by atoms with Crippen LogP contribution in [0.1, 0.15) is 0 Å². The van der Waals surface area contributed by atoms with Crippen molar-refractivity contribution in [2.24, 2.45) is 0 Å². The number of non-ortho nitro benzene ring substituents is 1. The van der Waals surface area contributed by atoms with E-state index >= 15 is 0 Å². The molecule has 0 saturated heterocycles. The summed E-state index contributed by atoms with van der Waals surface area (Å²) in [6.07, 6.45) is 1.26. The third kappa shape index (κ3) is 3.38. The van der Waals surface area contributed by atoms with Gasteiger partial charge in [-0.05, 0) is 18.2 Å². The molecule has 0 unspecified atom stereocenters. The summed E-state index contributed by atoms with van der Waals surface area (Å²) in [6, 6.07) is 5.96. The van der Waals surface area contributed by atoms with Crippen LogP contribution in [0.15, 0.2) is 41.4 Å². The minimum atomic E-state index is -4.10. The Balaban J connectivity index is 2.41. The van der Waals surface area contributed by atoms with Crippen LogP contribution in [-0.4, -0.2) is 18.3 Å². The molecule has 0 bridgehead atoms. The lowest BCUT2D eigenvalue weighted by Gasteiger charge is -2.09. The van der Waals surface area contributed by atoms with Gasteiger partial charge in [-0.15, -0.1) is 0 Å². The maximum atomic E-state index is 12.2. The molecule has 0 saturated carbocycles. The molecule has 21 heavy (non-hydrogen) atoms. The predicted molar refractivity (Wildman–Crippen MR) is 77.6 cm³/mol. The number of halogens is 1. The molecule has 1 aromatic heterocycles. The van der Waals surface area contributed by atoms with Crippen LogP contribution in [-0.2, 0) is 10.0 Å². The number of sulfonamides is 1. The molecule has 0 fully saturated rings. The van der Waals surface area contributed by atoms with E-state index in [9.17, 15) is 18.5 Å². The van der Waals surface area contributed by atoms with Crippen LogP contribution in [0.25, 0.3) is 0 Å². The van der Waals surface area contributed by atoms with Gasteiger partial charge in [0.05, 0.1) is 15.6 Å². The standard InChI is InChI=1S/C11H9ClN4O4S/c12-7-1-4-11(14-6-7)15-21(19,20)10-5-8(16(17)18)2-3-9(10)13/h1-6H,13H2,(H,14,15). The summed E-state index contributed by atoms with van der Waals surface area (Å²) < 4.78 is 26.6. The molecular weight excluding hydrogens is 320 g/mol. The molecule has 0 spiro atoms. The maximum Gasteiger partial charge on any atom is 0.270 e. The first-order chi connectivity index (χ1) is 9.79. The van der Waals surface area contributed by atoms with E-state index in [1.807, 2.05) is 0 Å². The van der Waals surface area contributed by atoms with Crippen LogP contribution in [0.5, 0.6) is 0 Å². The van der Waals surface area contributed by atoms with Crippen LogP contribution in [0.4, 0.5) is 17.2 Å². The van der Waals surface area contributed by atoms with E-state index in [1.165, 1.54) is 18.3 Å². The Labute approximate surface area is 124 Å². The second kappa shape index (κ2) is 5.54. The Bertz CT molecular complexity index is 792. The number of nitrogens with two attached hydrogens (primary N) is 1. The van der Waals surface area contributed by atoms with E-state index in [-0.39, 0.29) is 17.2 Å². The first-order valence-corrected chi connectivity index (χ1v) is 7.34. The van der Waals surface area contributed by atoms with E-state index < -0.39 is 19.8 Å². The average Bonchev–Trinajstić information content (AvgIpc) is 2.41. The van der Waals surface area contributed by atoms with Crippen LogP contribution in [0.2, 0.25) is 5.02 Å². The smallest absolute Gasteiger partial charge is 0.270 e. The number of anilines is 2. The molecule has 0 atom stereocenters. The molecule has 0 aliphatic rings. The van der Waals surface area contributed by atoms with E-state index in [0.717, 1.165) is 18.2 Å². The van der Waals surface area contributed by atoms with Gasteiger partial charge in [0.25, 0.3) is 15.7 Å². The molecule has 8 nitrogen and oxygen atoms in total. The minimum Gasteiger partial charge on any atom is -0.398 e. The van der Waals surface area contributed by atoms with Gasteiger partial charge in [-0.1, -0.05) is 11.6 Å². The fourth-order valence-corrected chi connectivity index (χ4v) is 2.77. The third-order valence-corrected chi connectivity index (χ3v) is 4.10. The van der Waals surface area contributed by atoms with Crippen molar-refractivity contribution in [2.45, 2.75) is 4.90 Å². The number of benzene rings is 1. The Morgan fingerprint density at radius 2 is 2.00 bits per heavy atom. The van der Waals surface area contributed by atoms with Gasteiger partial charge < -0.3 is 5.73 Å². The Morgan fingerprint density at radius 3 is 2.57 bits per heavy atom. The number of nitrogens with one attached hydrogen (secondary N) is 1. The maximum absolute atomic E-state index is 12.2. The van der Waals surface area contributed by atoms with Crippen molar-refractivity contribution in [1.29, 1.82) is 0 Å². The van der Waals surface area contributed by atoms with Gasteiger partial charge in [0.2, 0.25) is 0 Å². The van der Waals surface area contributed by atoms with Crippen molar-refractivity contribution in [3.05, 3.63) is 51.7 Å². The first kappa shape index (κ1) is 15.0. The molecule has 2 rings (SSSR count). The summed E-state index contributed by atoms with van der Waals surface area (Å²) in [5.74, 6) is 0.0188. The predicted octanol–water partition coefficient (Wildman–Crippen LogP) is 2.03. The topological polar surface area (TPSA) is 128 Å². The lowest BCUT2D eigenvalue weighted by atomic mass is 10.3. The highest BCUT2D eigenvalue weighted by Crippen LogP contribution is 2.25. The van der Waals surface area contributed by atoms with E-state index in [2.05, 4.69) is 9.71 Å². The number of pyridine rings is 1. The van der Waals surface area contributed by atoms with Gasteiger partial charge in [-0.25, -0.2) is 13.4 Å². The summed E-state index contributed by atoms with van der Waals surface area (Å²) >= 11 is 5.65. The molecule has 0 aliphatic carbocycles. The zero-order valence-electron chi connectivity index (χ0n) is 10.4. The van der Waals surface area contributed by atoms with Crippen molar-refractivity contribution >= 4 is 38.8 Å². The monoisotopic (exact) mass is 328 g/mol. The van der Waals surface area contributed by atoms with Crippen molar-refractivity contribution in [3.63, 3.8) is 0 Å². The Morgan fingerprint density at radius 1 is 1.29 bits per heavy atom. The number of aromatic nitrogens is 1. The Kier molecular flexibility index (Phi) is 3.96. The van der Waals surface area contributed by atoms with Crippen molar-refractivity contribution in [3.8, 4) is 0 Å². The summed E-state index contributed by atoms with van der Waals surface area (Å²) in [4.78, 5) is 13.4. The molecule has 0 amide bonds. The highest BCUT2D eigenvalue weighted by atomic mass is 35.5. The molecule has 1 heterocycles. The molecule has 0 aliphatic heterocycles. The quantitative estimate of drug-likeness (QED) is 0.502. The number of nitro groups is 1. The molecular formula is C11H9ClN4O4S. The van der Waals surface area contributed by atoms with Crippen molar-refractivity contribution in [2.75, 3.05) is 10.5 Å². The van der Waals surface area contributed by atoms with Crippen LogP contribution in [0, 0.1) is 10.1 Å². The average molecular weight is 329 g/mol. The van der Waals surface area contributed by atoms with Gasteiger partial charge in [0.1, 0.15) is 10.7 Å². The van der Waals surface area contributed by atoms with E-state index in [0.29, 0.717) is 5.02 Å². The van der Waals surface area contributed by atoms with Gasteiger partial charge in [-0.2, -0.15) is 0 Å². The molecule has 1 aromatic carbocycles. The summed E-state index contributed by atoms with van der Waals surface area (Å²) in [7, 11) is -4.10. The molecule has 2 aromatic rings. The number of nitro benzene ring substituents is 1. The number of nitrogens with zero attached hydrogens (tertiary/aromatic N) is 2. The lowest BCUT2D eigenvalue weighted by Crippen LogP contribution is -2.15. The fourth-order valence-electron chi connectivity index (χ4n) is 1.50. The summed E-state index contributed by atoms with van der Waals surface area (Å²) in [6.45, 7) is 0. The first-order valence-electron chi connectivity index (χ1n) is 5.48. The highest BCUT2D eigenvalue weighted by Gasteiger charge is 2.21. The minimum absolute atomic E-state index is 0.0188. The summed E-state index contributed by atoms with van der Waals surface area (Å²) in [5.41, 5.74) is 5.08. The second-order valence-corrected chi connectivity index (χ2v) is 6.03. The largest absolute Gasteiger partial charge is 0.398 e. The number of rotatable bonds is 4. The lowest BCUT2D eigenvalue weighted by molar-refractivity contribution is -0.385. The van der Waals surface area contributed by atoms with E-state index in [4.69, 9.17) is 17.3 Å². The third-order valence-electron chi connectivity index (χ3n) is 2.46.